The second-order valence-electron chi connectivity index (χ2n) is 6.99. The Bertz CT molecular complexity index is 1130. The number of aliphatic carboxylic acids is 1. The van der Waals surface area contributed by atoms with Crippen molar-refractivity contribution < 1.29 is 19.1 Å². The molecule has 33 heavy (non-hydrogen) atoms. The molecule has 4 rings (SSSR count). The molecule has 1 aromatic heterocycles. The molecule has 0 fully saturated rings. The van der Waals surface area contributed by atoms with Gasteiger partial charge in [0.15, 0.2) is 5.13 Å². The number of nitrogens with zero attached hydrogens (tertiary/aromatic N) is 2. The Labute approximate surface area is 194 Å². The molecule has 0 bridgehead atoms. The van der Waals surface area contributed by atoms with Gasteiger partial charge in [0.2, 0.25) is 5.71 Å². The second-order valence-corrected chi connectivity index (χ2v) is 7.85. The SMILES string of the molecule is O=C(O)C(=NOCF)c1csc(NC(c2ccccc2)(c2ccccc2)c2ccccc2)n1. The third kappa shape index (κ3) is 4.61. The highest BCUT2D eigenvalue weighted by Gasteiger charge is 2.37. The summed E-state index contributed by atoms with van der Waals surface area (Å²) >= 11 is 1.22. The summed E-state index contributed by atoms with van der Waals surface area (Å²) in [7, 11) is 0. The van der Waals surface area contributed by atoms with Crippen LogP contribution >= 0.6 is 11.3 Å². The van der Waals surface area contributed by atoms with Crippen molar-refractivity contribution in [2.24, 2.45) is 5.16 Å². The molecule has 2 N–H and O–H groups in total. The number of carboxylic acids is 1. The number of carbonyl (C=O) groups is 1. The summed E-state index contributed by atoms with van der Waals surface area (Å²) in [5.41, 5.74) is 1.73. The summed E-state index contributed by atoms with van der Waals surface area (Å²) in [5.74, 6) is -1.36. The molecule has 4 aromatic rings. The molecule has 0 radical (unpaired) electrons. The van der Waals surface area contributed by atoms with E-state index in [1.807, 2.05) is 91.0 Å². The second kappa shape index (κ2) is 10.1. The third-order valence-corrected chi connectivity index (χ3v) is 5.83. The average Bonchev–Trinajstić information content (AvgIpc) is 3.32. The van der Waals surface area contributed by atoms with Crippen LogP contribution in [0.3, 0.4) is 0 Å². The number of benzene rings is 3. The van der Waals surface area contributed by atoms with Crippen LogP contribution in [0.1, 0.15) is 22.4 Å². The van der Waals surface area contributed by atoms with Crippen LogP contribution in [0.15, 0.2) is 102 Å². The number of hydrogen-bond acceptors (Lipinski definition) is 6. The van der Waals surface area contributed by atoms with Crippen LogP contribution in [-0.4, -0.2) is 28.6 Å². The topological polar surface area (TPSA) is 83.8 Å². The predicted molar refractivity (Wildman–Crippen MR) is 126 cm³/mol. The minimum absolute atomic E-state index is 0.0755. The lowest BCUT2D eigenvalue weighted by Gasteiger charge is -2.36. The van der Waals surface area contributed by atoms with Crippen LogP contribution in [0.4, 0.5) is 9.52 Å². The lowest BCUT2D eigenvalue weighted by Crippen LogP contribution is -2.38. The van der Waals surface area contributed by atoms with Gasteiger partial charge in [-0.1, -0.05) is 96.2 Å². The molecule has 0 spiro atoms. The predicted octanol–water partition coefficient (Wildman–Crippen LogP) is 5.28. The fraction of sp³-hybridized carbons (Fsp3) is 0.0800. The van der Waals surface area contributed by atoms with Crippen molar-refractivity contribution in [3.63, 3.8) is 0 Å². The summed E-state index contributed by atoms with van der Waals surface area (Å²) in [6, 6.07) is 29.8. The fourth-order valence-electron chi connectivity index (χ4n) is 3.67. The van der Waals surface area contributed by atoms with E-state index in [9.17, 15) is 14.3 Å². The maximum absolute atomic E-state index is 12.4. The summed E-state index contributed by atoms with van der Waals surface area (Å²) < 4.78 is 12.4. The Morgan fingerprint density at radius 1 is 0.939 bits per heavy atom. The van der Waals surface area contributed by atoms with Crippen molar-refractivity contribution in [1.82, 2.24) is 4.98 Å². The molecule has 0 saturated carbocycles. The van der Waals surface area contributed by atoms with E-state index in [1.54, 1.807) is 5.38 Å². The number of nitrogens with one attached hydrogen (secondary N) is 1. The van der Waals surface area contributed by atoms with Crippen molar-refractivity contribution in [1.29, 1.82) is 0 Å². The van der Waals surface area contributed by atoms with Crippen molar-refractivity contribution in [3.05, 3.63) is 119 Å². The van der Waals surface area contributed by atoms with Crippen LogP contribution in [0.5, 0.6) is 0 Å². The molecule has 0 aliphatic rings. The number of oxime groups is 1. The quantitative estimate of drug-likeness (QED) is 0.201. The minimum Gasteiger partial charge on any atom is -0.476 e. The van der Waals surface area contributed by atoms with Crippen LogP contribution in [0, 0.1) is 0 Å². The van der Waals surface area contributed by atoms with E-state index >= 15 is 0 Å². The lowest BCUT2D eigenvalue weighted by molar-refractivity contribution is -0.129. The van der Waals surface area contributed by atoms with Crippen molar-refractivity contribution in [3.8, 4) is 0 Å². The van der Waals surface area contributed by atoms with E-state index in [0.29, 0.717) is 5.13 Å². The Balaban J connectivity index is 1.87. The Morgan fingerprint density at radius 2 is 1.42 bits per heavy atom. The molecule has 0 saturated heterocycles. The highest BCUT2D eigenvalue weighted by molar-refractivity contribution is 7.14. The van der Waals surface area contributed by atoms with Gasteiger partial charge in [-0.05, 0) is 16.7 Å². The first-order valence-corrected chi connectivity index (χ1v) is 10.9. The van der Waals surface area contributed by atoms with Gasteiger partial charge in [0.1, 0.15) is 11.2 Å². The number of aromatic nitrogens is 1. The first-order chi connectivity index (χ1) is 16.1. The number of hydrogen-bond donors (Lipinski definition) is 2. The fourth-order valence-corrected chi connectivity index (χ4v) is 4.42. The molecule has 0 aliphatic carbocycles. The number of anilines is 1. The van der Waals surface area contributed by atoms with Gasteiger partial charge in [0, 0.05) is 5.38 Å². The number of rotatable bonds is 9. The Kier molecular flexibility index (Phi) is 6.75. The molecular weight excluding hydrogens is 441 g/mol. The normalized spacial score (nSPS) is 11.7. The first kappa shape index (κ1) is 22.2. The molecule has 166 valence electrons. The highest BCUT2D eigenvalue weighted by atomic mass is 32.1. The molecule has 1 heterocycles. The lowest BCUT2D eigenvalue weighted by atomic mass is 9.77. The summed E-state index contributed by atoms with van der Waals surface area (Å²) in [6.07, 6.45) is 0. The summed E-state index contributed by atoms with van der Waals surface area (Å²) in [4.78, 5) is 20.3. The standard InChI is InChI=1S/C25H20FN3O3S/c26-17-32-29-22(23(30)31)21-16-33-24(27-21)28-25(18-10-4-1-5-11-18,19-12-6-2-7-13-19)20-14-8-3-9-15-20/h1-16H,17H2,(H,27,28)(H,30,31). The maximum atomic E-state index is 12.4. The van der Waals surface area contributed by atoms with Gasteiger partial charge in [-0.15, -0.1) is 11.3 Å². The maximum Gasteiger partial charge on any atom is 0.360 e. The van der Waals surface area contributed by atoms with E-state index in [-0.39, 0.29) is 5.69 Å². The minimum atomic E-state index is -1.36. The van der Waals surface area contributed by atoms with Gasteiger partial charge >= 0.3 is 5.97 Å². The van der Waals surface area contributed by atoms with Gasteiger partial charge < -0.3 is 15.3 Å². The molecule has 0 amide bonds. The van der Waals surface area contributed by atoms with Crippen LogP contribution < -0.4 is 5.32 Å². The molecule has 3 aromatic carbocycles. The smallest absolute Gasteiger partial charge is 0.360 e. The molecule has 0 aliphatic heterocycles. The summed E-state index contributed by atoms with van der Waals surface area (Å²) in [6.45, 7) is -1.23. The zero-order valence-electron chi connectivity index (χ0n) is 17.4. The van der Waals surface area contributed by atoms with Crippen molar-refractivity contribution >= 4 is 28.1 Å². The number of halogens is 1. The van der Waals surface area contributed by atoms with Crippen LogP contribution in [0.25, 0.3) is 0 Å². The average molecular weight is 462 g/mol. The Morgan fingerprint density at radius 3 is 1.85 bits per heavy atom. The molecule has 0 atom stereocenters. The molecule has 8 heteroatoms. The highest BCUT2D eigenvalue weighted by Crippen LogP contribution is 2.40. The third-order valence-electron chi connectivity index (χ3n) is 5.07. The zero-order valence-corrected chi connectivity index (χ0v) is 18.2. The zero-order chi connectivity index (χ0) is 23.1. The summed E-state index contributed by atoms with van der Waals surface area (Å²) in [5, 5.41) is 18.4. The Hall–Kier alpha value is -4.04. The van der Waals surface area contributed by atoms with Gasteiger partial charge in [-0.25, -0.2) is 14.2 Å². The molecular formula is C25H20FN3O3S. The van der Waals surface area contributed by atoms with E-state index in [2.05, 4.69) is 20.3 Å². The van der Waals surface area contributed by atoms with Gasteiger partial charge in [-0.3, -0.25) is 0 Å². The van der Waals surface area contributed by atoms with Gasteiger partial charge in [0.05, 0.1) is 0 Å². The molecule has 6 nitrogen and oxygen atoms in total. The van der Waals surface area contributed by atoms with Crippen LogP contribution in [-0.2, 0) is 15.2 Å². The van der Waals surface area contributed by atoms with E-state index in [4.69, 9.17) is 0 Å². The van der Waals surface area contributed by atoms with Gasteiger partial charge in [-0.2, -0.15) is 0 Å². The molecule has 0 unspecified atom stereocenters. The van der Waals surface area contributed by atoms with Crippen molar-refractivity contribution in [2.45, 2.75) is 5.54 Å². The van der Waals surface area contributed by atoms with E-state index in [0.717, 1.165) is 16.7 Å². The van der Waals surface area contributed by atoms with Crippen LogP contribution in [0.2, 0.25) is 0 Å². The number of thiazole rings is 1. The van der Waals surface area contributed by atoms with Crippen molar-refractivity contribution in [2.75, 3.05) is 12.2 Å². The monoisotopic (exact) mass is 461 g/mol. The van der Waals surface area contributed by atoms with E-state index < -0.39 is 24.1 Å². The number of carboxylic acid groups (broad SMARTS) is 1. The largest absolute Gasteiger partial charge is 0.476 e. The first-order valence-electron chi connectivity index (χ1n) is 10.0. The number of alkyl halides is 1. The van der Waals surface area contributed by atoms with E-state index in [1.165, 1.54) is 11.3 Å². The van der Waals surface area contributed by atoms with Gasteiger partial charge in [0.25, 0.3) is 6.86 Å².